The van der Waals surface area contributed by atoms with Gasteiger partial charge < -0.3 is 27.8 Å². The van der Waals surface area contributed by atoms with Crippen LogP contribution >= 0.6 is 0 Å². The Morgan fingerprint density at radius 3 is 2.21 bits per heavy atom. The van der Waals surface area contributed by atoms with Crippen LogP contribution in [-0.4, -0.2) is 18.9 Å². The number of nitrogens with zero attached hydrogens (tertiary/aromatic N) is 1. The SMILES string of the molecule is COc1ccc(NC(=O)c2ccc[n+](CC(=O)Nc3ccc(C)cc3)c2)cc1.[Cl-]. The summed E-state index contributed by atoms with van der Waals surface area (Å²) in [5.74, 6) is 0.301. The van der Waals surface area contributed by atoms with E-state index in [1.54, 1.807) is 60.5 Å². The number of methoxy groups -OCH3 is 1. The van der Waals surface area contributed by atoms with E-state index < -0.39 is 0 Å². The molecular formula is C22H22ClN3O3. The minimum Gasteiger partial charge on any atom is -1.00 e. The molecule has 2 N–H and O–H groups in total. The van der Waals surface area contributed by atoms with Crippen LogP contribution in [-0.2, 0) is 11.3 Å². The van der Waals surface area contributed by atoms with Gasteiger partial charge in [-0.3, -0.25) is 9.59 Å². The number of nitrogens with one attached hydrogen (secondary N) is 2. The zero-order chi connectivity index (χ0) is 19.9. The van der Waals surface area contributed by atoms with Crippen LogP contribution in [0.2, 0.25) is 0 Å². The second-order valence-corrected chi connectivity index (χ2v) is 6.36. The highest BCUT2D eigenvalue weighted by molar-refractivity contribution is 6.03. The zero-order valence-electron chi connectivity index (χ0n) is 16.2. The molecule has 3 aromatic rings. The average Bonchev–Trinajstić information content (AvgIpc) is 2.70. The van der Waals surface area contributed by atoms with E-state index in [1.165, 1.54) is 0 Å². The maximum Gasteiger partial charge on any atom is 0.290 e. The first-order valence-electron chi connectivity index (χ1n) is 8.84. The van der Waals surface area contributed by atoms with Gasteiger partial charge in [0, 0.05) is 17.4 Å². The summed E-state index contributed by atoms with van der Waals surface area (Å²) in [7, 11) is 1.59. The van der Waals surface area contributed by atoms with Gasteiger partial charge in [0.15, 0.2) is 12.4 Å². The molecule has 1 aromatic heterocycles. The Labute approximate surface area is 175 Å². The number of amides is 2. The van der Waals surface area contributed by atoms with E-state index >= 15 is 0 Å². The largest absolute Gasteiger partial charge is 1.00 e. The van der Waals surface area contributed by atoms with E-state index in [-0.39, 0.29) is 30.8 Å². The van der Waals surface area contributed by atoms with E-state index in [0.29, 0.717) is 11.3 Å². The fraction of sp³-hybridized carbons (Fsp3) is 0.136. The fourth-order valence-electron chi connectivity index (χ4n) is 2.64. The molecule has 0 saturated carbocycles. The highest BCUT2D eigenvalue weighted by atomic mass is 35.5. The van der Waals surface area contributed by atoms with Gasteiger partial charge in [0.05, 0.1) is 7.11 Å². The van der Waals surface area contributed by atoms with Gasteiger partial charge in [-0.25, -0.2) is 0 Å². The number of benzene rings is 2. The van der Waals surface area contributed by atoms with Crippen molar-refractivity contribution in [1.29, 1.82) is 0 Å². The first-order chi connectivity index (χ1) is 13.5. The Bertz CT molecular complexity index is 973. The predicted octanol–water partition coefficient (Wildman–Crippen LogP) is 0.186. The van der Waals surface area contributed by atoms with Gasteiger partial charge in [-0.2, -0.15) is 4.57 Å². The van der Waals surface area contributed by atoms with Crippen LogP contribution < -0.4 is 32.3 Å². The molecule has 29 heavy (non-hydrogen) atoms. The molecule has 3 rings (SSSR count). The normalized spacial score (nSPS) is 9.86. The van der Waals surface area contributed by atoms with Crippen molar-refractivity contribution in [3.8, 4) is 5.75 Å². The van der Waals surface area contributed by atoms with Gasteiger partial charge in [-0.15, -0.1) is 0 Å². The second-order valence-electron chi connectivity index (χ2n) is 6.36. The van der Waals surface area contributed by atoms with E-state index in [2.05, 4.69) is 10.6 Å². The van der Waals surface area contributed by atoms with Crippen LogP contribution in [0.3, 0.4) is 0 Å². The number of hydrogen-bond acceptors (Lipinski definition) is 3. The monoisotopic (exact) mass is 411 g/mol. The minimum absolute atomic E-state index is 0. The molecule has 1 heterocycles. The smallest absolute Gasteiger partial charge is 0.290 e. The van der Waals surface area contributed by atoms with Crippen LogP contribution in [0.5, 0.6) is 5.75 Å². The molecule has 6 nitrogen and oxygen atoms in total. The van der Waals surface area contributed by atoms with Crippen molar-refractivity contribution in [2.75, 3.05) is 17.7 Å². The first-order valence-corrected chi connectivity index (χ1v) is 8.84. The van der Waals surface area contributed by atoms with Gasteiger partial charge in [0.2, 0.25) is 6.54 Å². The lowest BCUT2D eigenvalue weighted by atomic mass is 10.2. The molecule has 0 spiro atoms. The van der Waals surface area contributed by atoms with E-state index in [9.17, 15) is 9.59 Å². The molecule has 0 aliphatic carbocycles. The Morgan fingerprint density at radius 2 is 1.55 bits per heavy atom. The molecule has 0 aliphatic heterocycles. The Kier molecular flexibility index (Phi) is 7.74. The van der Waals surface area contributed by atoms with E-state index in [0.717, 1.165) is 17.0 Å². The van der Waals surface area contributed by atoms with Gasteiger partial charge >= 0.3 is 0 Å². The second kappa shape index (κ2) is 10.2. The number of anilines is 2. The first kappa shape index (κ1) is 21.9. The van der Waals surface area contributed by atoms with Crippen molar-refractivity contribution in [2.45, 2.75) is 13.5 Å². The fourth-order valence-corrected chi connectivity index (χ4v) is 2.64. The number of carbonyl (C=O) groups excluding carboxylic acids is 2. The minimum atomic E-state index is -0.251. The third-order valence-corrected chi connectivity index (χ3v) is 4.13. The Morgan fingerprint density at radius 1 is 0.931 bits per heavy atom. The summed E-state index contributed by atoms with van der Waals surface area (Å²) in [6.07, 6.45) is 3.40. The third-order valence-electron chi connectivity index (χ3n) is 4.13. The van der Waals surface area contributed by atoms with Crippen molar-refractivity contribution >= 4 is 23.2 Å². The average molecular weight is 412 g/mol. The summed E-state index contributed by atoms with van der Waals surface area (Å²) < 4.78 is 6.78. The predicted molar refractivity (Wildman–Crippen MR) is 107 cm³/mol. The quantitative estimate of drug-likeness (QED) is 0.569. The number of halogens is 1. The standard InChI is InChI=1S/C22H21N3O3.ClH/c1-16-5-7-18(8-6-16)23-21(26)15-25-13-3-4-17(14-25)22(27)24-19-9-11-20(28-2)12-10-19;/h3-14H,15H2,1-2H3,(H-,23,24,26,27);1H. The number of aromatic nitrogens is 1. The van der Waals surface area contributed by atoms with Crippen LogP contribution in [0, 0.1) is 6.92 Å². The summed E-state index contributed by atoms with van der Waals surface area (Å²) in [5.41, 5.74) is 2.99. The Hall–Kier alpha value is -3.38. The number of ether oxygens (including phenoxy) is 1. The van der Waals surface area contributed by atoms with Crippen LogP contribution in [0.25, 0.3) is 0 Å². The highest BCUT2D eigenvalue weighted by Gasteiger charge is 2.14. The number of carbonyl (C=O) groups is 2. The van der Waals surface area contributed by atoms with E-state index in [1.807, 2.05) is 31.2 Å². The Balaban J connectivity index is 0.00000300. The van der Waals surface area contributed by atoms with Crippen molar-refractivity contribution < 1.29 is 31.3 Å². The van der Waals surface area contributed by atoms with Gasteiger partial charge in [0.25, 0.3) is 11.8 Å². The number of rotatable bonds is 6. The van der Waals surface area contributed by atoms with Crippen LogP contribution in [0.4, 0.5) is 11.4 Å². The lowest BCUT2D eigenvalue weighted by Crippen LogP contribution is -3.00. The number of aryl methyl sites for hydroxylation is 1. The lowest BCUT2D eigenvalue weighted by Gasteiger charge is -2.06. The molecule has 0 unspecified atom stereocenters. The van der Waals surface area contributed by atoms with Gasteiger partial charge in [0.1, 0.15) is 11.3 Å². The third kappa shape index (κ3) is 6.33. The summed E-state index contributed by atoms with van der Waals surface area (Å²) in [6, 6.07) is 18.1. The number of hydrogen-bond donors (Lipinski definition) is 2. The summed E-state index contributed by atoms with van der Waals surface area (Å²) in [5, 5.41) is 5.67. The van der Waals surface area contributed by atoms with Crippen molar-refractivity contribution in [2.24, 2.45) is 0 Å². The topological polar surface area (TPSA) is 71.3 Å². The molecule has 0 saturated heterocycles. The molecule has 7 heteroatoms. The zero-order valence-corrected chi connectivity index (χ0v) is 16.9. The summed E-state index contributed by atoms with van der Waals surface area (Å²) in [4.78, 5) is 24.7. The van der Waals surface area contributed by atoms with Gasteiger partial charge in [-0.05, 0) is 49.4 Å². The maximum atomic E-state index is 12.5. The molecule has 2 aromatic carbocycles. The van der Waals surface area contributed by atoms with Crippen molar-refractivity contribution in [3.63, 3.8) is 0 Å². The van der Waals surface area contributed by atoms with Crippen LogP contribution in [0.1, 0.15) is 15.9 Å². The maximum absolute atomic E-state index is 12.5. The van der Waals surface area contributed by atoms with Crippen molar-refractivity contribution in [3.05, 3.63) is 84.2 Å². The molecule has 150 valence electrons. The molecule has 0 atom stereocenters. The molecular weight excluding hydrogens is 390 g/mol. The van der Waals surface area contributed by atoms with Crippen LogP contribution in [0.15, 0.2) is 73.1 Å². The van der Waals surface area contributed by atoms with Crippen molar-refractivity contribution in [1.82, 2.24) is 0 Å². The summed E-state index contributed by atoms with van der Waals surface area (Å²) >= 11 is 0. The molecule has 0 radical (unpaired) electrons. The van der Waals surface area contributed by atoms with E-state index in [4.69, 9.17) is 4.74 Å². The molecule has 0 bridgehead atoms. The summed E-state index contributed by atoms with van der Waals surface area (Å²) in [6.45, 7) is 2.10. The lowest BCUT2D eigenvalue weighted by molar-refractivity contribution is -0.684. The number of pyridine rings is 1. The molecule has 0 aliphatic rings. The molecule has 0 fully saturated rings. The van der Waals surface area contributed by atoms with Gasteiger partial charge in [-0.1, -0.05) is 17.7 Å². The molecule has 2 amide bonds. The highest BCUT2D eigenvalue weighted by Crippen LogP contribution is 2.15.